The zero-order valence-electron chi connectivity index (χ0n) is 26.2. The predicted molar refractivity (Wildman–Crippen MR) is 160 cm³/mol. The Labute approximate surface area is 238 Å². The summed E-state index contributed by atoms with van der Waals surface area (Å²) in [7, 11) is 0. The van der Waals surface area contributed by atoms with Gasteiger partial charge in [0.1, 0.15) is 6.10 Å². The van der Waals surface area contributed by atoms with E-state index in [4.69, 9.17) is 4.74 Å². The van der Waals surface area contributed by atoms with Crippen molar-refractivity contribution in [3.8, 4) is 0 Å². The summed E-state index contributed by atoms with van der Waals surface area (Å²) in [6, 6.07) is 9.57. The van der Waals surface area contributed by atoms with E-state index in [0.717, 1.165) is 12.3 Å². The Hall–Kier alpha value is -1.57. The molecule has 1 unspecified atom stereocenters. The second kappa shape index (κ2) is 8.72. The molecule has 0 aromatic heterocycles. The molecule has 4 fully saturated rings. The average molecular weight is 531 g/mol. The second-order valence-corrected chi connectivity index (χ2v) is 17.0. The summed E-state index contributed by atoms with van der Waals surface area (Å²) in [4.78, 5) is 13.1. The molecule has 0 N–H and O–H groups in total. The lowest BCUT2D eigenvalue weighted by molar-refractivity contribution is -0.203. The van der Waals surface area contributed by atoms with Crippen LogP contribution in [0.4, 0.5) is 0 Å². The van der Waals surface area contributed by atoms with Crippen LogP contribution in [0, 0.1) is 50.2 Å². The Morgan fingerprint density at radius 1 is 0.795 bits per heavy atom. The summed E-state index contributed by atoms with van der Waals surface area (Å²) < 4.78 is 6.29. The van der Waals surface area contributed by atoms with Gasteiger partial charge in [0.25, 0.3) is 0 Å². The fourth-order valence-electron chi connectivity index (χ4n) is 11.5. The molecule has 1 aromatic rings. The average Bonchev–Trinajstić information content (AvgIpc) is 2.87. The first-order valence-electron chi connectivity index (χ1n) is 16.1. The zero-order chi connectivity index (χ0) is 28.1. The maximum absolute atomic E-state index is 13.1. The summed E-state index contributed by atoms with van der Waals surface area (Å²) in [5.41, 5.74) is 4.39. The number of carbonyl (C=O) groups excluding carboxylic acids is 1. The Kier molecular flexibility index (Phi) is 6.17. The first-order chi connectivity index (χ1) is 18.2. The minimum Gasteiger partial charge on any atom is -0.458 e. The maximum Gasteiger partial charge on any atom is 0.338 e. The smallest absolute Gasteiger partial charge is 0.338 e. The molecule has 6 rings (SSSR count). The van der Waals surface area contributed by atoms with Crippen LogP contribution in [-0.4, -0.2) is 12.1 Å². The van der Waals surface area contributed by atoms with Gasteiger partial charge in [0.05, 0.1) is 5.56 Å². The van der Waals surface area contributed by atoms with Gasteiger partial charge >= 0.3 is 5.97 Å². The fraction of sp³-hybridized carbons (Fsp3) is 0.757. The van der Waals surface area contributed by atoms with Crippen LogP contribution in [0.1, 0.15) is 130 Å². The summed E-state index contributed by atoms with van der Waals surface area (Å²) in [5, 5.41) is 0. The predicted octanol–water partition coefficient (Wildman–Crippen LogP) is 10.0. The number of rotatable bonds is 2. The molecule has 0 saturated heterocycles. The third kappa shape index (κ3) is 3.89. The molecule has 1 aromatic carbocycles. The van der Waals surface area contributed by atoms with Crippen LogP contribution in [0.15, 0.2) is 42.0 Å². The largest absolute Gasteiger partial charge is 0.458 e. The van der Waals surface area contributed by atoms with Gasteiger partial charge in [-0.1, -0.05) is 85.2 Å². The van der Waals surface area contributed by atoms with E-state index >= 15 is 0 Å². The van der Waals surface area contributed by atoms with Gasteiger partial charge in [-0.25, -0.2) is 4.79 Å². The lowest BCUT2D eigenvalue weighted by Gasteiger charge is -2.71. The first-order valence-corrected chi connectivity index (χ1v) is 16.1. The maximum atomic E-state index is 13.1. The van der Waals surface area contributed by atoms with Crippen molar-refractivity contribution < 1.29 is 9.53 Å². The summed E-state index contributed by atoms with van der Waals surface area (Å²) in [5.74, 6) is 1.87. The number of ether oxygens (including phenoxy) is 1. The SMILES string of the molecule is CC1(C)CC[C@]2(C)CC[C@@]3(C)C(=CCC4[C@@]5(C)CC[C@H](OC(=O)c6ccccc6)C(C)(C)[C@H]5CC[C@]43C)[C@H]2C1. The fourth-order valence-corrected chi connectivity index (χ4v) is 11.5. The number of benzene rings is 1. The van der Waals surface area contributed by atoms with Crippen molar-refractivity contribution in [2.24, 2.45) is 50.2 Å². The Bertz CT molecular complexity index is 1160. The molecule has 5 aliphatic rings. The van der Waals surface area contributed by atoms with Gasteiger partial charge in [-0.05, 0) is 121 Å². The van der Waals surface area contributed by atoms with Gasteiger partial charge in [0, 0.05) is 5.41 Å². The molecule has 0 aliphatic heterocycles. The monoisotopic (exact) mass is 530 g/mol. The number of carbonyl (C=O) groups is 1. The zero-order valence-corrected chi connectivity index (χ0v) is 26.2. The van der Waals surface area contributed by atoms with Gasteiger partial charge in [0.15, 0.2) is 0 Å². The minimum absolute atomic E-state index is 0.0159. The van der Waals surface area contributed by atoms with E-state index in [9.17, 15) is 4.79 Å². The van der Waals surface area contributed by atoms with Crippen LogP contribution < -0.4 is 0 Å². The molecule has 0 radical (unpaired) electrons. The normalized spacial score (nSPS) is 46.0. The van der Waals surface area contributed by atoms with Crippen molar-refractivity contribution in [3.05, 3.63) is 47.5 Å². The number of hydrogen-bond acceptors (Lipinski definition) is 2. The van der Waals surface area contributed by atoms with E-state index in [0.29, 0.717) is 39.1 Å². The quantitative estimate of drug-likeness (QED) is 0.281. The van der Waals surface area contributed by atoms with Gasteiger partial charge in [-0.15, -0.1) is 0 Å². The van der Waals surface area contributed by atoms with Crippen LogP contribution in [0.2, 0.25) is 0 Å². The van der Waals surface area contributed by atoms with Crippen LogP contribution in [0.3, 0.4) is 0 Å². The van der Waals surface area contributed by atoms with Crippen LogP contribution in [0.5, 0.6) is 0 Å². The van der Waals surface area contributed by atoms with E-state index in [-0.39, 0.29) is 22.9 Å². The molecular formula is C37H54O2. The number of allylic oxidation sites excluding steroid dienone is 2. The van der Waals surface area contributed by atoms with Crippen molar-refractivity contribution in [3.63, 3.8) is 0 Å². The molecule has 5 aliphatic carbocycles. The Balaban J connectivity index is 1.30. The van der Waals surface area contributed by atoms with E-state index in [1.807, 2.05) is 35.9 Å². The number of fused-ring (bicyclic) bond motifs is 7. The number of esters is 1. The van der Waals surface area contributed by atoms with Crippen LogP contribution >= 0.6 is 0 Å². The molecule has 0 heterocycles. The van der Waals surface area contributed by atoms with Crippen LogP contribution in [-0.2, 0) is 4.74 Å². The summed E-state index contributed by atoms with van der Waals surface area (Å²) in [6.45, 7) is 20.5. The molecule has 39 heavy (non-hydrogen) atoms. The Morgan fingerprint density at radius 3 is 2.21 bits per heavy atom. The van der Waals surface area contributed by atoms with Gasteiger partial charge in [-0.3, -0.25) is 0 Å². The standard InChI is InChI=1S/C37H54O2/c1-32(2)20-21-34(5)22-23-36(7)26(27(34)24-32)14-15-29-35(6)18-17-30(39-31(38)25-12-10-9-11-13-25)33(3,4)28(35)16-19-37(29,36)8/h9-14,27-30H,15-24H2,1-8H3/t27-,28-,29?,30+,34-,35+,36+,37-/m1/s1. The Morgan fingerprint density at radius 2 is 1.49 bits per heavy atom. The molecule has 0 amide bonds. The molecule has 0 spiro atoms. The molecular weight excluding hydrogens is 476 g/mol. The van der Waals surface area contributed by atoms with Crippen molar-refractivity contribution in [1.82, 2.24) is 0 Å². The lowest BCUT2D eigenvalue weighted by atomic mass is 9.33. The molecule has 4 saturated carbocycles. The van der Waals surface area contributed by atoms with E-state index in [1.165, 1.54) is 57.8 Å². The number of hydrogen-bond donors (Lipinski definition) is 0. The highest BCUT2D eigenvalue weighted by Gasteiger charge is 2.68. The van der Waals surface area contributed by atoms with Gasteiger partial charge in [-0.2, -0.15) is 0 Å². The van der Waals surface area contributed by atoms with E-state index < -0.39 is 0 Å². The minimum atomic E-state index is -0.156. The first kappa shape index (κ1) is 27.6. The molecule has 2 nitrogen and oxygen atoms in total. The van der Waals surface area contributed by atoms with Crippen LogP contribution in [0.25, 0.3) is 0 Å². The highest BCUT2D eigenvalue weighted by Crippen LogP contribution is 2.75. The molecule has 214 valence electrons. The molecule has 2 heteroatoms. The van der Waals surface area contributed by atoms with Crippen molar-refractivity contribution in [1.29, 1.82) is 0 Å². The van der Waals surface area contributed by atoms with Crippen molar-refractivity contribution >= 4 is 5.97 Å². The third-order valence-electron chi connectivity index (χ3n) is 14.3. The topological polar surface area (TPSA) is 26.3 Å². The second-order valence-electron chi connectivity index (χ2n) is 17.0. The van der Waals surface area contributed by atoms with Gasteiger partial charge < -0.3 is 4.74 Å². The summed E-state index contributed by atoms with van der Waals surface area (Å²) >= 11 is 0. The highest BCUT2D eigenvalue weighted by molar-refractivity contribution is 5.89. The lowest BCUT2D eigenvalue weighted by Crippen LogP contribution is -2.64. The van der Waals surface area contributed by atoms with E-state index in [2.05, 4.69) is 61.5 Å². The van der Waals surface area contributed by atoms with Crippen molar-refractivity contribution in [2.75, 3.05) is 0 Å². The molecule has 8 atom stereocenters. The highest BCUT2D eigenvalue weighted by atomic mass is 16.5. The van der Waals surface area contributed by atoms with E-state index in [1.54, 1.807) is 0 Å². The third-order valence-corrected chi connectivity index (χ3v) is 14.3. The van der Waals surface area contributed by atoms with Crippen molar-refractivity contribution in [2.45, 2.75) is 126 Å². The summed E-state index contributed by atoms with van der Waals surface area (Å²) in [6.07, 6.45) is 15.6. The van der Waals surface area contributed by atoms with Gasteiger partial charge in [0.2, 0.25) is 0 Å². The molecule has 0 bridgehead atoms.